The number of carbonyl (C=O) groups excluding carboxylic acids is 1. The first kappa shape index (κ1) is 19.0. The van der Waals surface area contributed by atoms with Crippen molar-refractivity contribution in [2.45, 2.75) is 46.1 Å². The largest absolute Gasteiger partial charge is 0.482 e. The number of nitrogens with zero attached hydrogens (tertiary/aromatic N) is 1. The zero-order valence-corrected chi connectivity index (χ0v) is 14.2. The molecule has 1 aromatic rings. The minimum Gasteiger partial charge on any atom is -0.482 e. The Morgan fingerprint density at radius 3 is 2.39 bits per heavy atom. The second kappa shape index (κ2) is 9.87. The summed E-state index contributed by atoms with van der Waals surface area (Å²) in [6.45, 7) is 4.38. The van der Waals surface area contributed by atoms with E-state index in [1.54, 1.807) is 17.0 Å². The molecule has 0 spiro atoms. The van der Waals surface area contributed by atoms with E-state index in [9.17, 15) is 9.59 Å². The van der Waals surface area contributed by atoms with E-state index in [1.807, 2.05) is 19.2 Å². The monoisotopic (exact) mass is 321 g/mol. The highest BCUT2D eigenvalue weighted by molar-refractivity contribution is 5.78. The number of amides is 1. The molecule has 1 amide bonds. The number of unbranched alkanes of at least 4 members (excludes halogenated alkanes) is 1. The Balaban J connectivity index is 2.56. The number of aliphatic carboxylic acids is 1. The Labute approximate surface area is 138 Å². The maximum atomic E-state index is 12.5. The number of ether oxygens (including phenoxy) is 1. The van der Waals surface area contributed by atoms with Crippen LogP contribution in [0.3, 0.4) is 0 Å². The molecule has 0 radical (unpaired) electrons. The molecule has 128 valence electrons. The number of benzene rings is 1. The number of rotatable bonds is 10. The maximum absolute atomic E-state index is 12.5. The molecule has 1 unspecified atom stereocenters. The zero-order chi connectivity index (χ0) is 17.2. The lowest BCUT2D eigenvalue weighted by molar-refractivity contribution is -0.139. The van der Waals surface area contributed by atoms with Gasteiger partial charge in [-0.05, 0) is 30.5 Å². The number of hydrogen-bond acceptors (Lipinski definition) is 3. The molecule has 0 saturated heterocycles. The van der Waals surface area contributed by atoms with Gasteiger partial charge in [-0.1, -0.05) is 38.8 Å². The van der Waals surface area contributed by atoms with Gasteiger partial charge in [0.25, 0.3) is 0 Å². The van der Waals surface area contributed by atoms with E-state index >= 15 is 0 Å². The van der Waals surface area contributed by atoms with Crippen molar-refractivity contribution in [2.75, 3.05) is 13.7 Å². The average Bonchev–Trinajstić information content (AvgIpc) is 2.54. The molecule has 5 heteroatoms. The fourth-order valence-electron chi connectivity index (χ4n) is 2.45. The Hall–Kier alpha value is -2.04. The topological polar surface area (TPSA) is 66.8 Å². The van der Waals surface area contributed by atoms with Crippen LogP contribution >= 0.6 is 0 Å². The maximum Gasteiger partial charge on any atom is 0.341 e. The summed E-state index contributed by atoms with van der Waals surface area (Å²) in [6, 6.07) is 7.16. The summed E-state index contributed by atoms with van der Waals surface area (Å²) in [4.78, 5) is 24.7. The molecule has 0 heterocycles. The van der Waals surface area contributed by atoms with Gasteiger partial charge in [0.15, 0.2) is 6.61 Å². The van der Waals surface area contributed by atoms with Crippen molar-refractivity contribution in [1.29, 1.82) is 0 Å². The Kier molecular flexibility index (Phi) is 8.16. The summed E-state index contributed by atoms with van der Waals surface area (Å²) in [7, 11) is 1.83. The van der Waals surface area contributed by atoms with Gasteiger partial charge >= 0.3 is 5.97 Å². The average molecular weight is 321 g/mol. The molecule has 0 aliphatic rings. The number of carboxylic acids is 1. The van der Waals surface area contributed by atoms with Crippen LogP contribution in [0.2, 0.25) is 0 Å². The first-order valence-corrected chi connectivity index (χ1v) is 8.16. The smallest absolute Gasteiger partial charge is 0.341 e. The van der Waals surface area contributed by atoms with Gasteiger partial charge in [-0.15, -0.1) is 0 Å². The molecule has 0 bridgehead atoms. The number of carboxylic acid groups (broad SMARTS) is 1. The van der Waals surface area contributed by atoms with Crippen molar-refractivity contribution in [1.82, 2.24) is 4.90 Å². The van der Waals surface area contributed by atoms with Gasteiger partial charge in [0.1, 0.15) is 5.75 Å². The Bertz CT molecular complexity index is 498. The van der Waals surface area contributed by atoms with Crippen molar-refractivity contribution in [3.8, 4) is 5.75 Å². The SMILES string of the molecule is CCCCC(CC)C(=O)N(C)Cc1ccc(OCC(=O)O)cc1. The van der Waals surface area contributed by atoms with Crippen LogP contribution in [0.25, 0.3) is 0 Å². The minimum atomic E-state index is -1.00. The highest BCUT2D eigenvalue weighted by atomic mass is 16.5. The molecule has 23 heavy (non-hydrogen) atoms. The predicted octanol–water partition coefficient (Wildman–Crippen LogP) is 3.32. The Morgan fingerprint density at radius 1 is 1.22 bits per heavy atom. The van der Waals surface area contributed by atoms with E-state index in [4.69, 9.17) is 9.84 Å². The second-order valence-corrected chi connectivity index (χ2v) is 5.77. The lowest BCUT2D eigenvalue weighted by atomic mass is 9.97. The number of hydrogen-bond donors (Lipinski definition) is 1. The van der Waals surface area contributed by atoms with E-state index in [2.05, 4.69) is 13.8 Å². The van der Waals surface area contributed by atoms with Gasteiger partial charge in [0.2, 0.25) is 5.91 Å². The third-order valence-corrected chi connectivity index (χ3v) is 3.83. The molecule has 0 aliphatic heterocycles. The third kappa shape index (κ3) is 6.72. The van der Waals surface area contributed by atoms with Crippen LogP contribution < -0.4 is 4.74 Å². The quantitative estimate of drug-likeness (QED) is 0.718. The van der Waals surface area contributed by atoms with Crippen LogP contribution in [-0.2, 0) is 16.1 Å². The molecule has 0 saturated carbocycles. The minimum absolute atomic E-state index is 0.0955. The van der Waals surface area contributed by atoms with Gasteiger partial charge < -0.3 is 14.7 Å². The number of carbonyl (C=O) groups is 2. The van der Waals surface area contributed by atoms with E-state index < -0.39 is 5.97 Å². The van der Waals surface area contributed by atoms with Crippen molar-refractivity contribution < 1.29 is 19.4 Å². The van der Waals surface area contributed by atoms with Crippen LogP contribution in [0.1, 0.15) is 45.1 Å². The normalized spacial score (nSPS) is 11.8. The van der Waals surface area contributed by atoms with E-state index in [0.29, 0.717) is 12.3 Å². The molecular weight excluding hydrogens is 294 g/mol. The summed E-state index contributed by atoms with van der Waals surface area (Å²) >= 11 is 0. The predicted molar refractivity (Wildman–Crippen MR) is 89.4 cm³/mol. The fraction of sp³-hybridized carbons (Fsp3) is 0.556. The Morgan fingerprint density at radius 2 is 1.87 bits per heavy atom. The third-order valence-electron chi connectivity index (χ3n) is 3.83. The summed E-state index contributed by atoms with van der Waals surface area (Å²) in [5.41, 5.74) is 0.994. The molecule has 0 aromatic heterocycles. The van der Waals surface area contributed by atoms with Crippen LogP contribution in [0.15, 0.2) is 24.3 Å². The molecule has 1 rings (SSSR count). The molecule has 0 aliphatic carbocycles. The van der Waals surface area contributed by atoms with Crippen molar-refractivity contribution in [3.05, 3.63) is 29.8 Å². The van der Waals surface area contributed by atoms with Crippen LogP contribution in [-0.4, -0.2) is 35.5 Å². The van der Waals surface area contributed by atoms with Crippen molar-refractivity contribution in [2.24, 2.45) is 5.92 Å². The van der Waals surface area contributed by atoms with Crippen LogP contribution in [0.5, 0.6) is 5.75 Å². The first-order valence-electron chi connectivity index (χ1n) is 8.16. The summed E-state index contributed by atoms with van der Waals surface area (Å²) in [5.74, 6) is -0.207. The summed E-state index contributed by atoms with van der Waals surface area (Å²) in [5, 5.41) is 8.58. The second-order valence-electron chi connectivity index (χ2n) is 5.77. The lowest BCUT2D eigenvalue weighted by Gasteiger charge is -2.23. The molecule has 1 aromatic carbocycles. The standard InChI is InChI=1S/C18H27NO4/c1-4-6-7-15(5-2)18(22)19(3)12-14-8-10-16(11-9-14)23-13-17(20)21/h8-11,15H,4-7,12-13H2,1-3H3,(H,20,21). The van der Waals surface area contributed by atoms with Gasteiger partial charge in [0, 0.05) is 19.5 Å². The van der Waals surface area contributed by atoms with Crippen LogP contribution in [0.4, 0.5) is 0 Å². The molecule has 1 N–H and O–H groups in total. The molecule has 1 atom stereocenters. The highest BCUT2D eigenvalue weighted by Gasteiger charge is 2.19. The van der Waals surface area contributed by atoms with Gasteiger partial charge in [0.05, 0.1) is 0 Å². The van der Waals surface area contributed by atoms with Crippen LogP contribution in [0, 0.1) is 5.92 Å². The van der Waals surface area contributed by atoms with Gasteiger partial charge in [-0.2, -0.15) is 0 Å². The van der Waals surface area contributed by atoms with E-state index in [1.165, 1.54) is 0 Å². The molecular formula is C18H27NO4. The molecule has 0 fully saturated rings. The molecule has 5 nitrogen and oxygen atoms in total. The van der Waals surface area contributed by atoms with Gasteiger partial charge in [-0.25, -0.2) is 4.79 Å². The van der Waals surface area contributed by atoms with Crippen molar-refractivity contribution in [3.63, 3.8) is 0 Å². The fourth-order valence-corrected chi connectivity index (χ4v) is 2.45. The summed E-state index contributed by atoms with van der Waals surface area (Å²) < 4.78 is 5.09. The zero-order valence-electron chi connectivity index (χ0n) is 14.2. The van der Waals surface area contributed by atoms with Crippen molar-refractivity contribution >= 4 is 11.9 Å². The van der Waals surface area contributed by atoms with E-state index in [0.717, 1.165) is 31.2 Å². The first-order chi connectivity index (χ1) is 11.0. The summed E-state index contributed by atoms with van der Waals surface area (Å²) in [6.07, 6.45) is 3.99. The van der Waals surface area contributed by atoms with E-state index in [-0.39, 0.29) is 18.4 Å². The highest BCUT2D eigenvalue weighted by Crippen LogP contribution is 2.18. The lowest BCUT2D eigenvalue weighted by Crippen LogP contribution is -2.32. The van der Waals surface area contributed by atoms with Gasteiger partial charge in [-0.3, -0.25) is 4.79 Å².